The van der Waals surface area contributed by atoms with E-state index in [9.17, 15) is 19.2 Å². The Hall–Kier alpha value is -1.98. The van der Waals surface area contributed by atoms with Crippen molar-refractivity contribution < 1.29 is 28.7 Å². The molecule has 0 aromatic heterocycles. The lowest BCUT2D eigenvalue weighted by Gasteiger charge is -2.09. The van der Waals surface area contributed by atoms with Crippen LogP contribution in [-0.4, -0.2) is 23.9 Å². The molecule has 0 aliphatic carbocycles. The Balaban J connectivity index is 2.04. The lowest BCUT2D eigenvalue weighted by Crippen LogP contribution is -2.10. The van der Waals surface area contributed by atoms with Crippen LogP contribution in [0.15, 0.2) is 11.6 Å². The van der Waals surface area contributed by atoms with E-state index in [1.807, 2.05) is 6.92 Å². The molecule has 0 saturated carbocycles. The Morgan fingerprint density at radius 1 is 1.11 bits per heavy atom. The van der Waals surface area contributed by atoms with E-state index in [0.717, 1.165) is 5.57 Å². The van der Waals surface area contributed by atoms with Gasteiger partial charge in [-0.25, -0.2) is 0 Å². The lowest BCUT2D eigenvalue weighted by molar-refractivity contribution is -0.154. The topological polar surface area (TPSA) is 86.7 Å². The number of hydrogen-bond acceptors (Lipinski definition) is 6. The van der Waals surface area contributed by atoms with Gasteiger partial charge >= 0.3 is 23.9 Å². The van der Waals surface area contributed by atoms with Crippen molar-refractivity contribution in [3.05, 3.63) is 11.6 Å². The van der Waals surface area contributed by atoms with E-state index < -0.39 is 35.7 Å². The van der Waals surface area contributed by atoms with Crippen molar-refractivity contribution in [1.29, 1.82) is 0 Å². The zero-order valence-electron chi connectivity index (χ0n) is 10.5. The highest BCUT2D eigenvalue weighted by Crippen LogP contribution is 2.27. The molecule has 102 valence electrons. The predicted molar refractivity (Wildman–Crippen MR) is 61.4 cm³/mol. The molecule has 0 radical (unpaired) electrons. The van der Waals surface area contributed by atoms with Gasteiger partial charge in [0.2, 0.25) is 0 Å². The molecule has 2 saturated heterocycles. The number of hydrogen-bond donors (Lipinski definition) is 0. The first kappa shape index (κ1) is 13.5. The van der Waals surface area contributed by atoms with Gasteiger partial charge in [-0.1, -0.05) is 18.6 Å². The number of carbonyl (C=O) groups excluding carboxylic acids is 4. The molecular weight excluding hydrogens is 252 g/mol. The van der Waals surface area contributed by atoms with Crippen molar-refractivity contribution in [2.24, 2.45) is 11.8 Å². The molecule has 0 amide bonds. The normalized spacial score (nSPS) is 27.7. The predicted octanol–water partition coefficient (Wildman–Crippen LogP) is 0.892. The lowest BCUT2D eigenvalue weighted by atomic mass is 9.93. The number of esters is 4. The molecule has 2 fully saturated rings. The first-order valence-electron chi connectivity index (χ1n) is 6.18. The maximum Gasteiger partial charge on any atom is 0.321 e. The molecule has 0 N–H and O–H groups in total. The van der Waals surface area contributed by atoms with E-state index in [1.54, 1.807) is 6.08 Å². The van der Waals surface area contributed by atoms with Crippen LogP contribution in [0.1, 0.15) is 32.6 Å². The largest absolute Gasteiger partial charge is 0.393 e. The summed E-state index contributed by atoms with van der Waals surface area (Å²) in [5.41, 5.74) is 0.855. The number of carbonyl (C=O) groups is 4. The highest BCUT2D eigenvalue weighted by atomic mass is 16.6. The van der Waals surface area contributed by atoms with Crippen molar-refractivity contribution in [2.45, 2.75) is 32.6 Å². The van der Waals surface area contributed by atoms with Crippen LogP contribution in [0, 0.1) is 11.8 Å². The molecule has 2 atom stereocenters. The van der Waals surface area contributed by atoms with Gasteiger partial charge in [0.25, 0.3) is 0 Å². The number of allylic oxidation sites excluding steroid dienone is 1. The number of rotatable bonds is 4. The average Bonchev–Trinajstić information content (AvgIpc) is 2.81. The summed E-state index contributed by atoms with van der Waals surface area (Å²) in [5.74, 6) is -3.17. The molecule has 2 rings (SSSR count). The highest BCUT2D eigenvalue weighted by Gasteiger charge is 2.35. The summed E-state index contributed by atoms with van der Waals surface area (Å²) in [6.45, 7) is 1.88. The van der Waals surface area contributed by atoms with Gasteiger partial charge in [0.15, 0.2) is 0 Å². The zero-order chi connectivity index (χ0) is 14.0. The van der Waals surface area contributed by atoms with E-state index in [0.29, 0.717) is 12.8 Å². The smallest absolute Gasteiger partial charge is 0.321 e. The Morgan fingerprint density at radius 3 is 2.21 bits per heavy atom. The summed E-state index contributed by atoms with van der Waals surface area (Å²) < 4.78 is 8.94. The van der Waals surface area contributed by atoms with Crippen LogP contribution in [0.5, 0.6) is 0 Å². The maximum absolute atomic E-state index is 11.4. The monoisotopic (exact) mass is 266 g/mol. The third-order valence-electron chi connectivity index (χ3n) is 3.26. The second-order valence-electron chi connectivity index (χ2n) is 4.68. The van der Waals surface area contributed by atoms with Gasteiger partial charge in [0.05, 0.1) is 24.7 Å². The first-order chi connectivity index (χ1) is 8.99. The Kier molecular flexibility index (Phi) is 3.78. The van der Waals surface area contributed by atoms with Crippen LogP contribution in [0.3, 0.4) is 0 Å². The molecule has 2 unspecified atom stereocenters. The van der Waals surface area contributed by atoms with E-state index in [2.05, 4.69) is 9.47 Å². The quantitative estimate of drug-likeness (QED) is 0.426. The van der Waals surface area contributed by atoms with Crippen LogP contribution < -0.4 is 0 Å². The fourth-order valence-electron chi connectivity index (χ4n) is 2.23. The van der Waals surface area contributed by atoms with Crippen LogP contribution in [-0.2, 0) is 28.7 Å². The summed E-state index contributed by atoms with van der Waals surface area (Å²) in [6, 6.07) is 0. The number of cyclic esters (lactones) is 4. The fraction of sp³-hybridized carbons (Fsp3) is 0.538. The highest BCUT2D eigenvalue weighted by molar-refractivity contribution is 5.96. The van der Waals surface area contributed by atoms with Crippen LogP contribution in [0.25, 0.3) is 0 Å². The van der Waals surface area contributed by atoms with Crippen LogP contribution in [0.4, 0.5) is 0 Å². The molecule has 0 aromatic carbocycles. The molecule has 2 aliphatic rings. The molecule has 6 nitrogen and oxygen atoms in total. The fourth-order valence-corrected chi connectivity index (χ4v) is 2.23. The molecule has 0 bridgehead atoms. The zero-order valence-corrected chi connectivity index (χ0v) is 10.5. The molecule has 0 aromatic rings. The third-order valence-corrected chi connectivity index (χ3v) is 3.26. The second kappa shape index (κ2) is 5.34. The van der Waals surface area contributed by atoms with Gasteiger partial charge in [0, 0.05) is 0 Å². The standard InChI is InChI=1S/C13H14O6/c1-2-7(3-8-5-10(14)18-12(8)16)4-9-6-11(15)19-13(9)17/h3,8-9H,2,4-6H2,1H3/b7-3-. The van der Waals surface area contributed by atoms with Crippen molar-refractivity contribution in [1.82, 2.24) is 0 Å². The van der Waals surface area contributed by atoms with E-state index in [4.69, 9.17) is 0 Å². The van der Waals surface area contributed by atoms with Gasteiger partial charge in [-0.3, -0.25) is 19.2 Å². The summed E-state index contributed by atoms with van der Waals surface area (Å²) >= 11 is 0. The SMILES string of the molecule is CC/C(=C/C1CC(=O)OC1=O)CC1CC(=O)OC1=O. The molecule has 19 heavy (non-hydrogen) atoms. The van der Waals surface area contributed by atoms with Crippen molar-refractivity contribution in [2.75, 3.05) is 0 Å². The van der Waals surface area contributed by atoms with E-state index in [1.165, 1.54) is 0 Å². The van der Waals surface area contributed by atoms with Crippen LogP contribution in [0.2, 0.25) is 0 Å². The van der Waals surface area contributed by atoms with Crippen molar-refractivity contribution in [3.63, 3.8) is 0 Å². The Bertz CT molecular complexity index is 476. The second-order valence-corrected chi connectivity index (χ2v) is 4.68. The molecule has 2 aliphatic heterocycles. The van der Waals surface area contributed by atoms with E-state index in [-0.39, 0.29) is 12.8 Å². The maximum atomic E-state index is 11.4. The van der Waals surface area contributed by atoms with Crippen molar-refractivity contribution >= 4 is 23.9 Å². The van der Waals surface area contributed by atoms with Gasteiger partial charge in [-0.15, -0.1) is 0 Å². The minimum atomic E-state index is -0.574. The van der Waals surface area contributed by atoms with Crippen LogP contribution >= 0.6 is 0 Å². The summed E-state index contributed by atoms with van der Waals surface area (Å²) in [5, 5.41) is 0. The minimum Gasteiger partial charge on any atom is -0.393 e. The summed E-state index contributed by atoms with van der Waals surface area (Å²) in [7, 11) is 0. The Labute approximate surface area is 109 Å². The van der Waals surface area contributed by atoms with Gasteiger partial charge < -0.3 is 9.47 Å². The van der Waals surface area contributed by atoms with Gasteiger partial charge in [-0.05, 0) is 12.8 Å². The summed E-state index contributed by atoms with van der Waals surface area (Å²) in [4.78, 5) is 44.7. The minimum absolute atomic E-state index is 0.0381. The third kappa shape index (κ3) is 3.07. The molecular formula is C13H14O6. The van der Waals surface area contributed by atoms with Gasteiger partial charge in [-0.2, -0.15) is 0 Å². The molecule has 6 heteroatoms. The Morgan fingerprint density at radius 2 is 1.74 bits per heavy atom. The average molecular weight is 266 g/mol. The molecule has 2 heterocycles. The first-order valence-corrected chi connectivity index (χ1v) is 6.18. The summed E-state index contributed by atoms with van der Waals surface area (Å²) in [6.07, 6.45) is 2.79. The van der Waals surface area contributed by atoms with Crippen molar-refractivity contribution in [3.8, 4) is 0 Å². The van der Waals surface area contributed by atoms with Gasteiger partial charge in [0.1, 0.15) is 0 Å². The number of ether oxygens (including phenoxy) is 2. The van der Waals surface area contributed by atoms with E-state index >= 15 is 0 Å². The molecule has 0 spiro atoms.